The van der Waals surface area contributed by atoms with Crippen LogP contribution in [0.5, 0.6) is 0 Å². The predicted octanol–water partition coefficient (Wildman–Crippen LogP) is 0.252. The van der Waals surface area contributed by atoms with Crippen LogP contribution in [0.1, 0.15) is 6.42 Å². The first-order chi connectivity index (χ1) is 7.76. The molecule has 0 unspecified atom stereocenters. The van der Waals surface area contributed by atoms with Crippen molar-refractivity contribution in [2.24, 2.45) is 0 Å². The highest BCUT2D eigenvalue weighted by molar-refractivity contribution is 7.87. The summed E-state index contributed by atoms with van der Waals surface area (Å²) in [6, 6.07) is 0. The van der Waals surface area contributed by atoms with Gasteiger partial charge < -0.3 is 13.8 Å². The smallest absolute Gasteiger partial charge is 0.381 e. The topological polar surface area (TPSA) is 63.7 Å². The Morgan fingerprint density at radius 2 is 2.12 bits per heavy atom. The Balaban J connectivity index is 2.64. The highest BCUT2D eigenvalue weighted by Crippen LogP contribution is 2.27. The van der Waals surface area contributed by atoms with Crippen molar-refractivity contribution in [3.8, 4) is 0 Å². The van der Waals surface area contributed by atoms with Gasteiger partial charge in [0, 0.05) is 13.0 Å². The molecule has 17 heavy (non-hydrogen) atoms. The van der Waals surface area contributed by atoms with Gasteiger partial charge in [0.1, 0.15) is 5.76 Å². The van der Waals surface area contributed by atoms with Crippen molar-refractivity contribution in [1.29, 1.82) is 0 Å². The molecule has 0 aromatic heterocycles. The summed E-state index contributed by atoms with van der Waals surface area (Å²) < 4.78 is 61.2. The van der Waals surface area contributed by atoms with Crippen LogP contribution in [0.15, 0.2) is 11.8 Å². The van der Waals surface area contributed by atoms with E-state index in [0.717, 1.165) is 0 Å². The Labute approximate surface area is 96.6 Å². The summed E-state index contributed by atoms with van der Waals surface area (Å²) in [6.45, 7) is 0.347. The molecule has 0 saturated heterocycles. The number of hydrogen-bond donors (Lipinski definition) is 0. The number of carbonyl (C=O) groups is 1. The molecule has 95 valence electrons. The summed E-state index contributed by atoms with van der Waals surface area (Å²) in [5.74, 6) is -0.266. The Morgan fingerprint density at radius 1 is 1.47 bits per heavy atom. The van der Waals surface area contributed by atoms with Gasteiger partial charge in [-0.05, 0) is 12.6 Å². The highest BCUT2D eigenvalue weighted by Gasteiger charge is 2.48. The van der Waals surface area contributed by atoms with Crippen LogP contribution in [0, 0.1) is 0 Å². The van der Waals surface area contributed by atoms with Gasteiger partial charge in [0.25, 0.3) is 7.41 Å². The normalized spacial score (nSPS) is 18.4. The molecule has 0 spiro atoms. The molecule has 0 aromatic rings. The second kappa shape index (κ2) is 5.09. The predicted molar refractivity (Wildman–Crippen MR) is 52.8 cm³/mol. The van der Waals surface area contributed by atoms with E-state index in [2.05, 4.69) is 4.18 Å². The molecule has 1 aliphatic rings. The summed E-state index contributed by atoms with van der Waals surface area (Å²) in [4.78, 5) is 11.6. The van der Waals surface area contributed by atoms with Crippen molar-refractivity contribution in [2.75, 3.05) is 13.1 Å². The van der Waals surface area contributed by atoms with Crippen LogP contribution in [-0.4, -0.2) is 45.4 Å². The number of hydrogen-bond acceptors (Lipinski definition) is 5. The molecule has 0 atom stereocenters. The Hall–Kier alpha value is -1.03. The van der Waals surface area contributed by atoms with Crippen molar-refractivity contribution in [2.45, 2.75) is 11.9 Å². The van der Waals surface area contributed by atoms with Crippen LogP contribution in [-0.2, 0) is 19.1 Å². The maximum absolute atomic E-state index is 12.0. The molecule has 0 aliphatic carbocycles. The van der Waals surface area contributed by atoms with Crippen molar-refractivity contribution < 1.29 is 30.6 Å². The fraction of sp³-hybridized carbons (Fsp3) is 0.571. The van der Waals surface area contributed by atoms with Crippen LogP contribution in [0.25, 0.3) is 0 Å². The van der Waals surface area contributed by atoms with Gasteiger partial charge in [-0.2, -0.15) is 21.6 Å². The molecule has 0 fully saturated rings. The lowest BCUT2D eigenvalue weighted by molar-refractivity contribution is -0.0524. The van der Waals surface area contributed by atoms with E-state index in [1.54, 1.807) is 0 Å². The zero-order valence-corrected chi connectivity index (χ0v) is 9.29. The standard InChI is InChI=1S/C7H8BF3NO4S/c9-7(10,11)17(14,15)16-6-1-3-12(4-2-6)8-5-13/h1,5H,2-4H2. The van der Waals surface area contributed by atoms with Crippen LogP contribution < -0.4 is 0 Å². The summed E-state index contributed by atoms with van der Waals surface area (Å²) in [5, 5.41) is 0. The van der Waals surface area contributed by atoms with Crippen molar-refractivity contribution in [3.63, 3.8) is 0 Å². The lowest BCUT2D eigenvalue weighted by Gasteiger charge is -2.23. The molecule has 1 heterocycles. The molecule has 0 aromatic carbocycles. The van der Waals surface area contributed by atoms with Crippen molar-refractivity contribution >= 4 is 23.7 Å². The first-order valence-corrected chi connectivity index (χ1v) is 5.89. The molecule has 1 radical (unpaired) electrons. The minimum Gasteiger partial charge on any atom is -0.381 e. The van der Waals surface area contributed by atoms with Gasteiger partial charge >= 0.3 is 15.6 Å². The minimum absolute atomic E-state index is 0.0142. The van der Waals surface area contributed by atoms with Crippen LogP contribution in [0.4, 0.5) is 13.2 Å². The van der Waals surface area contributed by atoms with Gasteiger partial charge in [-0.1, -0.05) is 0 Å². The van der Waals surface area contributed by atoms with Crippen LogP contribution in [0.3, 0.4) is 0 Å². The van der Waals surface area contributed by atoms with Gasteiger partial charge in [0.05, 0.1) is 6.19 Å². The van der Waals surface area contributed by atoms with E-state index in [0.29, 0.717) is 6.19 Å². The third-order valence-corrected chi connectivity index (χ3v) is 2.97. The van der Waals surface area contributed by atoms with Gasteiger partial charge in [0.2, 0.25) is 0 Å². The fourth-order valence-electron chi connectivity index (χ4n) is 1.15. The van der Waals surface area contributed by atoms with Gasteiger partial charge in [-0.3, -0.25) is 0 Å². The first-order valence-electron chi connectivity index (χ1n) is 4.49. The maximum atomic E-state index is 12.0. The van der Waals surface area contributed by atoms with Crippen molar-refractivity contribution in [3.05, 3.63) is 11.8 Å². The molecular weight excluding hydrogens is 262 g/mol. The summed E-state index contributed by atoms with van der Waals surface area (Å²) >= 11 is 0. The Kier molecular flexibility index (Phi) is 4.20. The van der Waals surface area contributed by atoms with Gasteiger partial charge in [-0.15, -0.1) is 0 Å². The molecule has 0 amide bonds. The highest BCUT2D eigenvalue weighted by atomic mass is 32.2. The largest absolute Gasteiger partial charge is 0.534 e. The zero-order valence-electron chi connectivity index (χ0n) is 8.48. The van der Waals surface area contributed by atoms with Crippen LogP contribution in [0.2, 0.25) is 0 Å². The second-order valence-electron chi connectivity index (χ2n) is 3.18. The Bertz CT molecular complexity index is 419. The zero-order chi connectivity index (χ0) is 13.1. The number of carbonyl (C=O) groups excluding carboxylic acids is 1. The molecular formula is C7H8BF3NO4S. The molecule has 0 saturated carbocycles. The van der Waals surface area contributed by atoms with Gasteiger partial charge in [0.15, 0.2) is 0 Å². The first kappa shape index (κ1) is 14.0. The van der Waals surface area contributed by atoms with Gasteiger partial charge in [-0.25, -0.2) is 0 Å². The van der Waals surface area contributed by atoms with E-state index < -0.39 is 15.6 Å². The van der Waals surface area contributed by atoms with E-state index in [1.807, 2.05) is 0 Å². The quantitative estimate of drug-likeness (QED) is 0.317. The number of rotatable bonds is 4. The summed E-state index contributed by atoms with van der Waals surface area (Å²) in [6.07, 6.45) is 1.71. The fourth-order valence-corrected chi connectivity index (χ4v) is 1.68. The van der Waals surface area contributed by atoms with E-state index in [1.165, 1.54) is 18.3 Å². The summed E-state index contributed by atoms with van der Waals surface area (Å²) in [5.41, 5.74) is -5.43. The average molecular weight is 270 g/mol. The molecule has 10 heteroatoms. The SMILES string of the molecule is O=C[B]N1CC=C(OS(=O)(=O)C(F)(F)F)CC1. The maximum Gasteiger partial charge on any atom is 0.534 e. The number of halogens is 3. The lowest BCUT2D eigenvalue weighted by atomic mass is 9.93. The van der Waals surface area contributed by atoms with E-state index in [-0.39, 0.29) is 25.3 Å². The number of alkyl halides is 3. The molecule has 1 rings (SSSR count). The van der Waals surface area contributed by atoms with E-state index in [4.69, 9.17) is 0 Å². The third kappa shape index (κ3) is 3.74. The third-order valence-electron chi connectivity index (χ3n) is 1.97. The van der Waals surface area contributed by atoms with Crippen molar-refractivity contribution in [1.82, 2.24) is 4.81 Å². The molecule has 5 nitrogen and oxygen atoms in total. The van der Waals surface area contributed by atoms with E-state index in [9.17, 15) is 26.4 Å². The summed E-state index contributed by atoms with van der Waals surface area (Å²) in [7, 11) is -4.38. The second-order valence-corrected chi connectivity index (χ2v) is 4.72. The van der Waals surface area contributed by atoms with E-state index >= 15 is 0 Å². The molecule has 1 aliphatic heterocycles. The lowest BCUT2D eigenvalue weighted by Crippen LogP contribution is -2.34. The number of nitrogens with zero attached hydrogens (tertiary/aromatic N) is 1. The minimum atomic E-state index is -5.59. The Morgan fingerprint density at radius 3 is 2.53 bits per heavy atom. The van der Waals surface area contributed by atoms with Crippen LogP contribution >= 0.6 is 0 Å². The monoisotopic (exact) mass is 270 g/mol. The molecule has 0 N–H and O–H groups in total. The molecule has 0 bridgehead atoms. The average Bonchev–Trinajstić information content (AvgIpc) is 2.19.